The number of aromatic nitrogens is 4. The molecule has 0 aliphatic heterocycles. The van der Waals surface area contributed by atoms with E-state index in [1.54, 1.807) is 12.1 Å². The van der Waals surface area contributed by atoms with Crippen molar-refractivity contribution >= 4 is 45.5 Å². The Morgan fingerprint density at radius 3 is 2.65 bits per heavy atom. The summed E-state index contributed by atoms with van der Waals surface area (Å²) in [4.78, 5) is 4.44. The van der Waals surface area contributed by atoms with E-state index in [4.69, 9.17) is 23.2 Å². The van der Waals surface area contributed by atoms with Gasteiger partial charge in [-0.05, 0) is 48.1 Å². The van der Waals surface area contributed by atoms with Gasteiger partial charge in [0.25, 0.3) is 0 Å². The largest absolute Gasteiger partial charge is 0.383 e. The number of rotatable bonds is 7. The number of hydrogen-bond acceptors (Lipinski definition) is 6. The van der Waals surface area contributed by atoms with Crippen LogP contribution in [0.25, 0.3) is 10.9 Å². The van der Waals surface area contributed by atoms with Crippen molar-refractivity contribution in [1.82, 2.24) is 20.0 Å². The van der Waals surface area contributed by atoms with Gasteiger partial charge in [-0.3, -0.25) is 4.98 Å². The molecular formula is C27H26Cl2FN7. The number of hydrogen-bond donors (Lipinski definition) is 2. The molecule has 5 rings (SSSR count). The molecule has 1 aliphatic carbocycles. The number of pyridine rings is 1. The van der Waals surface area contributed by atoms with Crippen LogP contribution < -0.4 is 10.6 Å². The fraction of sp³-hybridized carbons (Fsp3) is 0.333. The van der Waals surface area contributed by atoms with Gasteiger partial charge in [0.1, 0.15) is 17.6 Å². The summed E-state index contributed by atoms with van der Waals surface area (Å²) >= 11 is 13.2. The Morgan fingerprint density at radius 2 is 1.97 bits per heavy atom. The average Bonchev–Trinajstić information content (AvgIpc) is 3.57. The van der Waals surface area contributed by atoms with Crippen molar-refractivity contribution in [2.45, 2.75) is 45.7 Å². The minimum absolute atomic E-state index is 0.0141. The summed E-state index contributed by atoms with van der Waals surface area (Å²) in [6, 6.07) is 10.0. The highest BCUT2D eigenvalue weighted by molar-refractivity contribution is 6.36. The van der Waals surface area contributed by atoms with Gasteiger partial charge in [-0.2, -0.15) is 5.26 Å². The third-order valence-corrected chi connectivity index (χ3v) is 6.79. The van der Waals surface area contributed by atoms with Crippen molar-refractivity contribution in [2.75, 3.05) is 17.2 Å². The molecule has 2 N–H and O–H groups in total. The van der Waals surface area contributed by atoms with Crippen LogP contribution >= 0.6 is 23.2 Å². The van der Waals surface area contributed by atoms with Gasteiger partial charge in [-0.1, -0.05) is 55.3 Å². The molecule has 190 valence electrons. The molecule has 2 aromatic heterocycles. The Morgan fingerprint density at radius 1 is 1.19 bits per heavy atom. The van der Waals surface area contributed by atoms with Crippen molar-refractivity contribution in [3.8, 4) is 6.07 Å². The molecule has 1 atom stereocenters. The standard InChI is InChI=1S/C27H26Cl2FN7/c1-27(2,3)14-33-24-15(11-31)12-32-25-20(24)9-17(10-22(25)29)34-26(19-7-4-16(30)8-21(19)28)23-13-37(36-35-23)18-5-6-18/h4,7-10,12-13,18,26,34H,5-6,14H2,1-3H3,(H,32,33)/t26-/m0/s1. The van der Waals surface area contributed by atoms with Crippen molar-refractivity contribution < 1.29 is 4.39 Å². The maximum atomic E-state index is 13.9. The maximum absolute atomic E-state index is 13.9. The van der Waals surface area contributed by atoms with Gasteiger partial charge in [0.2, 0.25) is 0 Å². The predicted octanol–water partition coefficient (Wildman–Crippen LogP) is 7.14. The summed E-state index contributed by atoms with van der Waals surface area (Å²) < 4.78 is 15.7. The lowest BCUT2D eigenvalue weighted by molar-refractivity contribution is 0.443. The van der Waals surface area contributed by atoms with Gasteiger partial charge in [-0.15, -0.1) is 5.10 Å². The maximum Gasteiger partial charge on any atom is 0.124 e. The number of benzene rings is 2. The summed E-state index contributed by atoms with van der Waals surface area (Å²) in [6.07, 6.45) is 5.56. The third-order valence-electron chi connectivity index (χ3n) is 6.17. The molecule has 1 fully saturated rings. The van der Waals surface area contributed by atoms with Crippen LogP contribution in [0.2, 0.25) is 10.0 Å². The molecule has 4 aromatic rings. The van der Waals surface area contributed by atoms with Crippen molar-refractivity contribution in [1.29, 1.82) is 5.26 Å². The Hall–Kier alpha value is -3.41. The van der Waals surface area contributed by atoms with Gasteiger partial charge < -0.3 is 10.6 Å². The van der Waals surface area contributed by atoms with Crippen molar-refractivity contribution in [2.24, 2.45) is 5.41 Å². The molecule has 2 aromatic carbocycles. The number of nitriles is 1. The fourth-order valence-electron chi connectivity index (χ4n) is 4.13. The molecule has 37 heavy (non-hydrogen) atoms. The Bertz CT molecular complexity index is 1520. The minimum atomic E-state index is -0.521. The zero-order chi connectivity index (χ0) is 26.3. The normalized spacial score (nSPS) is 14.4. The van der Waals surface area contributed by atoms with Crippen LogP contribution in [0.5, 0.6) is 0 Å². The molecule has 7 nitrogen and oxygen atoms in total. The number of nitrogens with one attached hydrogen (secondary N) is 2. The Kier molecular flexibility index (Phi) is 6.69. The van der Waals surface area contributed by atoms with Crippen LogP contribution in [-0.2, 0) is 0 Å². The van der Waals surface area contributed by atoms with Gasteiger partial charge in [0.15, 0.2) is 0 Å². The molecule has 0 saturated heterocycles. The zero-order valence-electron chi connectivity index (χ0n) is 20.7. The number of fused-ring (bicyclic) bond motifs is 1. The molecule has 0 amide bonds. The molecule has 10 heteroatoms. The second kappa shape index (κ2) is 9.81. The zero-order valence-corrected chi connectivity index (χ0v) is 22.2. The van der Waals surface area contributed by atoms with E-state index in [2.05, 4.69) is 52.8 Å². The average molecular weight is 538 g/mol. The van der Waals surface area contributed by atoms with Crippen LogP contribution in [0.1, 0.15) is 62.5 Å². The Labute approximate surface area is 224 Å². The van der Waals surface area contributed by atoms with Crippen LogP contribution in [0.4, 0.5) is 15.8 Å². The predicted molar refractivity (Wildman–Crippen MR) is 145 cm³/mol. The number of anilines is 2. The van der Waals surface area contributed by atoms with Gasteiger partial charge >= 0.3 is 0 Å². The Balaban J connectivity index is 1.60. The van der Waals surface area contributed by atoms with Crippen molar-refractivity contribution in [3.05, 3.63) is 75.4 Å². The molecule has 0 spiro atoms. The van der Waals surface area contributed by atoms with Crippen LogP contribution in [0.3, 0.4) is 0 Å². The first-order chi connectivity index (χ1) is 17.6. The lowest BCUT2D eigenvalue weighted by atomic mass is 9.96. The summed E-state index contributed by atoms with van der Waals surface area (Å²) in [5, 5.41) is 26.7. The van der Waals surface area contributed by atoms with Crippen LogP contribution in [-0.4, -0.2) is 26.5 Å². The highest BCUT2D eigenvalue weighted by atomic mass is 35.5. The van der Waals surface area contributed by atoms with Gasteiger partial charge in [-0.25, -0.2) is 9.07 Å². The lowest BCUT2D eigenvalue weighted by Gasteiger charge is -2.22. The van der Waals surface area contributed by atoms with E-state index >= 15 is 0 Å². The first kappa shape index (κ1) is 25.2. The molecule has 2 heterocycles. The van der Waals surface area contributed by atoms with E-state index < -0.39 is 11.9 Å². The monoisotopic (exact) mass is 537 g/mol. The van der Waals surface area contributed by atoms with E-state index in [0.717, 1.165) is 12.8 Å². The van der Waals surface area contributed by atoms with E-state index in [1.165, 1.54) is 18.3 Å². The van der Waals surface area contributed by atoms with E-state index in [-0.39, 0.29) is 10.4 Å². The highest BCUT2D eigenvalue weighted by Crippen LogP contribution is 2.38. The summed E-state index contributed by atoms with van der Waals surface area (Å²) in [6.45, 7) is 6.98. The van der Waals surface area contributed by atoms with Crippen LogP contribution in [0.15, 0.2) is 42.7 Å². The van der Waals surface area contributed by atoms with Gasteiger partial charge in [0.05, 0.1) is 40.1 Å². The first-order valence-corrected chi connectivity index (χ1v) is 12.8. The number of nitrogens with zero attached hydrogens (tertiary/aromatic N) is 5. The lowest BCUT2D eigenvalue weighted by Crippen LogP contribution is -2.20. The minimum Gasteiger partial charge on any atom is -0.383 e. The van der Waals surface area contributed by atoms with Gasteiger partial charge in [0, 0.05) is 28.8 Å². The fourth-order valence-corrected chi connectivity index (χ4v) is 4.67. The second-order valence-electron chi connectivity index (χ2n) is 10.5. The first-order valence-electron chi connectivity index (χ1n) is 12.0. The highest BCUT2D eigenvalue weighted by Gasteiger charge is 2.28. The third kappa shape index (κ3) is 5.48. The summed E-state index contributed by atoms with van der Waals surface area (Å²) in [5.74, 6) is -0.424. The summed E-state index contributed by atoms with van der Waals surface area (Å²) in [7, 11) is 0. The molecule has 1 saturated carbocycles. The van der Waals surface area contributed by atoms with Crippen LogP contribution in [0, 0.1) is 22.6 Å². The molecule has 0 unspecified atom stereocenters. The molecule has 0 radical (unpaired) electrons. The topological polar surface area (TPSA) is 91.5 Å². The molecule has 1 aliphatic rings. The van der Waals surface area contributed by atoms with E-state index in [9.17, 15) is 9.65 Å². The smallest absolute Gasteiger partial charge is 0.124 e. The molecular weight excluding hydrogens is 512 g/mol. The number of halogens is 3. The van der Waals surface area contributed by atoms with E-state index in [1.807, 2.05) is 16.9 Å². The van der Waals surface area contributed by atoms with E-state index in [0.29, 0.717) is 56.7 Å². The second-order valence-corrected chi connectivity index (χ2v) is 11.3. The molecule has 0 bridgehead atoms. The quantitative estimate of drug-likeness (QED) is 0.260. The SMILES string of the molecule is CC(C)(C)CNc1c(C#N)cnc2c(Cl)cc(N[C@H](c3cn(C4CC4)nn3)c3ccc(F)cc3Cl)cc12. The van der Waals surface area contributed by atoms with Crippen molar-refractivity contribution in [3.63, 3.8) is 0 Å². The summed E-state index contributed by atoms with van der Waals surface area (Å²) in [5.41, 5.74) is 3.63.